The summed E-state index contributed by atoms with van der Waals surface area (Å²) in [5, 5.41) is 0. The van der Waals surface area contributed by atoms with Crippen LogP contribution in [0.3, 0.4) is 0 Å². The number of rotatable bonds is 2. The van der Waals surface area contributed by atoms with Crippen molar-refractivity contribution >= 4 is 21.8 Å². The Bertz CT molecular complexity index is 462. The van der Waals surface area contributed by atoms with E-state index in [1.165, 1.54) is 5.56 Å². The molecule has 1 saturated heterocycles. The first-order valence-corrected chi connectivity index (χ1v) is 7.91. The first-order chi connectivity index (χ1) is 8.99. The van der Waals surface area contributed by atoms with Gasteiger partial charge in [0.25, 0.3) is 5.91 Å². The van der Waals surface area contributed by atoms with Gasteiger partial charge < -0.3 is 4.90 Å². The Morgan fingerprint density at radius 2 is 1.95 bits per heavy atom. The van der Waals surface area contributed by atoms with E-state index in [1.807, 2.05) is 24.0 Å². The second-order valence-electron chi connectivity index (χ2n) is 5.63. The lowest BCUT2D eigenvalue weighted by atomic mass is 9.93. The minimum Gasteiger partial charge on any atom is -0.339 e. The molecule has 1 unspecified atom stereocenters. The van der Waals surface area contributed by atoms with Crippen molar-refractivity contribution in [2.75, 3.05) is 13.1 Å². The highest BCUT2D eigenvalue weighted by molar-refractivity contribution is 9.09. The topological polar surface area (TPSA) is 20.3 Å². The summed E-state index contributed by atoms with van der Waals surface area (Å²) in [5.74, 6) is 0.890. The van der Waals surface area contributed by atoms with E-state index < -0.39 is 0 Å². The number of piperidine rings is 1. The summed E-state index contributed by atoms with van der Waals surface area (Å²) >= 11 is 3.65. The lowest BCUT2D eigenvalue weighted by molar-refractivity contribution is 0.0691. The van der Waals surface area contributed by atoms with E-state index in [0.717, 1.165) is 37.1 Å². The summed E-state index contributed by atoms with van der Waals surface area (Å²) in [7, 11) is 0. The number of aryl methyl sites for hydroxylation is 2. The van der Waals surface area contributed by atoms with E-state index in [4.69, 9.17) is 0 Å². The van der Waals surface area contributed by atoms with Crippen molar-refractivity contribution in [3.8, 4) is 0 Å². The third-order valence-electron chi connectivity index (χ3n) is 4.09. The van der Waals surface area contributed by atoms with Gasteiger partial charge in [-0.15, -0.1) is 0 Å². The van der Waals surface area contributed by atoms with Crippen molar-refractivity contribution in [2.45, 2.75) is 38.4 Å². The number of likely N-dealkylation sites (tertiary alicyclic amines) is 1. The Kier molecular flexibility index (Phi) is 4.67. The van der Waals surface area contributed by atoms with Gasteiger partial charge in [-0.2, -0.15) is 0 Å². The van der Waals surface area contributed by atoms with Crippen molar-refractivity contribution in [3.05, 3.63) is 34.9 Å². The number of carbonyl (C=O) groups is 1. The molecule has 1 atom stereocenters. The Morgan fingerprint density at radius 1 is 1.32 bits per heavy atom. The van der Waals surface area contributed by atoms with Gasteiger partial charge in [0.2, 0.25) is 0 Å². The lowest BCUT2D eigenvalue weighted by Gasteiger charge is -2.33. The van der Waals surface area contributed by atoms with Gasteiger partial charge in [-0.3, -0.25) is 4.79 Å². The van der Waals surface area contributed by atoms with Gasteiger partial charge >= 0.3 is 0 Å². The van der Waals surface area contributed by atoms with Crippen LogP contribution in [0.1, 0.15) is 41.3 Å². The number of benzene rings is 1. The van der Waals surface area contributed by atoms with Crippen molar-refractivity contribution < 1.29 is 4.79 Å². The van der Waals surface area contributed by atoms with Gasteiger partial charge in [0.15, 0.2) is 0 Å². The summed E-state index contributed by atoms with van der Waals surface area (Å²) in [6.07, 6.45) is 2.20. The molecule has 3 heteroatoms. The van der Waals surface area contributed by atoms with E-state index in [0.29, 0.717) is 10.7 Å². The molecule has 1 aliphatic rings. The Morgan fingerprint density at radius 3 is 2.47 bits per heavy atom. The molecule has 1 aromatic rings. The maximum atomic E-state index is 12.5. The van der Waals surface area contributed by atoms with Crippen LogP contribution >= 0.6 is 15.9 Å². The molecule has 1 fully saturated rings. The van der Waals surface area contributed by atoms with E-state index in [2.05, 4.69) is 35.8 Å². The number of amides is 1. The molecule has 2 rings (SSSR count). The summed E-state index contributed by atoms with van der Waals surface area (Å²) in [6, 6.07) is 6.07. The number of alkyl halides is 1. The van der Waals surface area contributed by atoms with Crippen LogP contribution in [0.5, 0.6) is 0 Å². The zero-order valence-corrected chi connectivity index (χ0v) is 13.5. The van der Waals surface area contributed by atoms with Crippen molar-refractivity contribution in [1.82, 2.24) is 4.90 Å². The predicted octanol–water partition coefficient (Wildman–Crippen LogP) is 3.94. The van der Waals surface area contributed by atoms with Crippen LogP contribution in [0.15, 0.2) is 18.2 Å². The molecule has 0 aromatic heterocycles. The Labute approximate surface area is 124 Å². The molecule has 19 heavy (non-hydrogen) atoms. The Hall–Kier alpha value is -0.830. The Balaban J connectivity index is 2.05. The molecule has 0 N–H and O–H groups in total. The van der Waals surface area contributed by atoms with Crippen molar-refractivity contribution in [2.24, 2.45) is 5.92 Å². The molecule has 0 saturated carbocycles. The first-order valence-electron chi connectivity index (χ1n) is 6.99. The molecule has 1 heterocycles. The molecule has 0 spiro atoms. The number of hydrogen-bond acceptors (Lipinski definition) is 1. The number of halogens is 1. The minimum absolute atomic E-state index is 0.193. The van der Waals surface area contributed by atoms with E-state index in [9.17, 15) is 4.79 Å². The van der Waals surface area contributed by atoms with Crippen LogP contribution in [-0.4, -0.2) is 28.7 Å². The van der Waals surface area contributed by atoms with Gasteiger partial charge in [0.1, 0.15) is 0 Å². The second-order valence-corrected chi connectivity index (χ2v) is 7.07. The van der Waals surface area contributed by atoms with Crippen LogP contribution in [0.25, 0.3) is 0 Å². The highest BCUT2D eigenvalue weighted by Crippen LogP contribution is 2.26. The van der Waals surface area contributed by atoms with Crippen molar-refractivity contribution in [1.29, 1.82) is 0 Å². The average Bonchev–Trinajstić information content (AvgIpc) is 2.38. The van der Waals surface area contributed by atoms with E-state index in [1.54, 1.807) is 0 Å². The first kappa shape index (κ1) is 14.6. The highest BCUT2D eigenvalue weighted by atomic mass is 79.9. The fourth-order valence-corrected chi connectivity index (χ4v) is 3.31. The summed E-state index contributed by atoms with van der Waals surface area (Å²) in [6.45, 7) is 8.05. The fourth-order valence-electron chi connectivity index (χ4n) is 2.79. The molecular weight excluding hydrogens is 302 g/mol. The molecule has 1 amide bonds. The third-order valence-corrected chi connectivity index (χ3v) is 4.84. The molecule has 1 aliphatic heterocycles. The van der Waals surface area contributed by atoms with Crippen LogP contribution in [-0.2, 0) is 0 Å². The average molecular weight is 324 g/mol. The minimum atomic E-state index is 0.193. The summed E-state index contributed by atoms with van der Waals surface area (Å²) in [4.78, 5) is 15.1. The van der Waals surface area contributed by atoms with Crippen LogP contribution in [0.4, 0.5) is 0 Å². The predicted molar refractivity (Wildman–Crippen MR) is 82.9 cm³/mol. The molecule has 1 aromatic carbocycles. The number of nitrogens with zero attached hydrogens (tertiary/aromatic N) is 1. The zero-order chi connectivity index (χ0) is 14.0. The van der Waals surface area contributed by atoms with Gasteiger partial charge in [-0.25, -0.2) is 0 Å². The molecular formula is C16H22BrNO. The third kappa shape index (κ3) is 3.38. The van der Waals surface area contributed by atoms with E-state index in [-0.39, 0.29) is 5.91 Å². The molecule has 0 aliphatic carbocycles. The van der Waals surface area contributed by atoms with Gasteiger partial charge in [-0.05, 0) is 44.2 Å². The monoisotopic (exact) mass is 323 g/mol. The maximum Gasteiger partial charge on any atom is 0.254 e. The maximum absolute atomic E-state index is 12.5. The largest absolute Gasteiger partial charge is 0.339 e. The van der Waals surface area contributed by atoms with Crippen LogP contribution < -0.4 is 0 Å². The molecule has 0 radical (unpaired) electrons. The lowest BCUT2D eigenvalue weighted by Crippen LogP contribution is -2.40. The quantitative estimate of drug-likeness (QED) is 0.755. The number of carbonyl (C=O) groups excluding carboxylic acids is 1. The van der Waals surface area contributed by atoms with Gasteiger partial charge in [0.05, 0.1) is 0 Å². The fraction of sp³-hybridized carbons (Fsp3) is 0.562. The van der Waals surface area contributed by atoms with Gasteiger partial charge in [-0.1, -0.05) is 40.5 Å². The normalized spacial score (nSPS) is 18.4. The standard InChI is InChI=1S/C16H22BrNO/c1-11-4-5-15(12(2)10-11)16(19)18-8-6-14(7-9-18)13(3)17/h4-5,10,13-14H,6-9H2,1-3H3. The summed E-state index contributed by atoms with van der Waals surface area (Å²) < 4.78 is 0. The molecule has 0 bridgehead atoms. The highest BCUT2D eigenvalue weighted by Gasteiger charge is 2.26. The van der Waals surface area contributed by atoms with E-state index >= 15 is 0 Å². The SMILES string of the molecule is Cc1ccc(C(=O)N2CCC(C(C)Br)CC2)c(C)c1. The smallest absolute Gasteiger partial charge is 0.254 e. The second kappa shape index (κ2) is 6.08. The number of hydrogen-bond donors (Lipinski definition) is 0. The summed E-state index contributed by atoms with van der Waals surface area (Å²) in [5.41, 5.74) is 3.15. The zero-order valence-electron chi connectivity index (χ0n) is 11.9. The van der Waals surface area contributed by atoms with Gasteiger partial charge in [0, 0.05) is 23.5 Å². The molecule has 2 nitrogen and oxygen atoms in total. The van der Waals surface area contributed by atoms with Crippen LogP contribution in [0, 0.1) is 19.8 Å². The van der Waals surface area contributed by atoms with Crippen LogP contribution in [0.2, 0.25) is 0 Å². The van der Waals surface area contributed by atoms with Crippen molar-refractivity contribution in [3.63, 3.8) is 0 Å². The molecule has 104 valence electrons.